The number of unbranched alkanes of at least 4 members (excludes halogenated alkanes) is 12. The van der Waals surface area contributed by atoms with E-state index in [1.807, 2.05) is 30.3 Å². The van der Waals surface area contributed by atoms with Crippen molar-refractivity contribution in [2.45, 2.75) is 116 Å². The summed E-state index contributed by atoms with van der Waals surface area (Å²) in [7, 11) is -4.42. The van der Waals surface area contributed by atoms with E-state index in [2.05, 4.69) is 18.9 Å². The van der Waals surface area contributed by atoms with Crippen LogP contribution >= 0.6 is 7.75 Å². The Labute approximate surface area is 279 Å². The van der Waals surface area contributed by atoms with Gasteiger partial charge in [0.2, 0.25) is 0 Å². The zero-order valence-electron chi connectivity index (χ0n) is 28.1. The monoisotopic (exact) mass is 676 g/mol. The number of esters is 2. The van der Waals surface area contributed by atoms with Gasteiger partial charge in [-0.2, -0.15) is 5.09 Å². The van der Waals surface area contributed by atoms with E-state index in [0.717, 1.165) is 44.1 Å². The minimum atomic E-state index is -4.42. The second kappa shape index (κ2) is 24.0. The number of hydrogen-bond donors (Lipinski definition) is 1. The van der Waals surface area contributed by atoms with Gasteiger partial charge < -0.3 is 14.0 Å². The Morgan fingerprint density at radius 2 is 1.30 bits per heavy atom. The zero-order chi connectivity index (χ0) is 34.2. The van der Waals surface area contributed by atoms with Crippen LogP contribution in [-0.4, -0.2) is 42.7 Å². The Kier molecular flexibility index (Phi) is 20.3. The van der Waals surface area contributed by atoms with Gasteiger partial charge in [-0.3, -0.25) is 19.4 Å². The van der Waals surface area contributed by atoms with Crippen molar-refractivity contribution in [3.05, 3.63) is 70.3 Å². The van der Waals surface area contributed by atoms with Crippen molar-refractivity contribution in [1.29, 1.82) is 0 Å². The number of carbonyl (C=O) groups excluding carboxylic acids is 2. The summed E-state index contributed by atoms with van der Waals surface area (Å²) in [5, 5.41) is 13.8. The number of nitrogens with one attached hydrogen (secondary N) is 1. The van der Waals surface area contributed by atoms with Crippen LogP contribution in [0.4, 0.5) is 5.69 Å². The third-order valence-electron chi connectivity index (χ3n) is 7.51. The molecule has 0 spiro atoms. The molecule has 1 N–H and O–H groups in total. The molecule has 0 amide bonds. The number of carbonyl (C=O) groups is 2. The lowest BCUT2D eigenvalue weighted by Gasteiger charge is -2.24. The minimum Gasteiger partial charge on any atom is -0.465 e. The average Bonchev–Trinajstić information content (AvgIpc) is 3.06. The van der Waals surface area contributed by atoms with Crippen molar-refractivity contribution in [3.8, 4) is 5.75 Å². The Hall–Kier alpha value is -3.27. The van der Waals surface area contributed by atoms with Crippen LogP contribution in [0.2, 0.25) is 0 Å². The maximum Gasteiger partial charge on any atom is 0.460 e. The fourth-order valence-electron chi connectivity index (χ4n) is 4.84. The lowest BCUT2D eigenvalue weighted by atomic mass is 10.1. The summed E-state index contributed by atoms with van der Waals surface area (Å²) in [6.45, 7) is 4.06. The van der Waals surface area contributed by atoms with E-state index in [4.69, 9.17) is 18.5 Å². The van der Waals surface area contributed by atoms with Gasteiger partial charge >= 0.3 is 19.7 Å². The molecule has 2 aromatic rings. The second-order valence-corrected chi connectivity index (χ2v) is 13.3. The van der Waals surface area contributed by atoms with Gasteiger partial charge in [-0.05, 0) is 37.0 Å². The largest absolute Gasteiger partial charge is 0.465 e. The Bertz CT molecular complexity index is 1210. The third kappa shape index (κ3) is 18.0. The normalized spacial score (nSPS) is 13.0. The van der Waals surface area contributed by atoms with Crippen molar-refractivity contribution in [3.63, 3.8) is 0 Å². The highest BCUT2D eigenvalue weighted by atomic mass is 31.2. The van der Waals surface area contributed by atoms with E-state index in [-0.39, 0.29) is 31.1 Å². The number of nitro benzene ring substituents is 1. The van der Waals surface area contributed by atoms with Gasteiger partial charge in [-0.1, -0.05) is 121 Å². The molecule has 47 heavy (non-hydrogen) atoms. The third-order valence-corrected chi connectivity index (χ3v) is 9.06. The zero-order valence-corrected chi connectivity index (χ0v) is 29.0. The number of benzene rings is 2. The van der Waals surface area contributed by atoms with Crippen LogP contribution in [0.15, 0.2) is 54.6 Å². The smallest absolute Gasteiger partial charge is 0.460 e. The average molecular weight is 677 g/mol. The molecular weight excluding hydrogens is 623 g/mol. The highest BCUT2D eigenvalue weighted by Gasteiger charge is 2.35. The van der Waals surface area contributed by atoms with Crippen LogP contribution in [0.5, 0.6) is 5.75 Å². The molecule has 0 saturated carbocycles. The molecule has 11 nitrogen and oxygen atoms in total. The molecule has 0 aliphatic rings. The van der Waals surface area contributed by atoms with Crippen molar-refractivity contribution in [1.82, 2.24) is 5.09 Å². The first kappa shape index (κ1) is 39.9. The molecule has 0 aromatic heterocycles. The molecule has 0 aliphatic carbocycles. The Morgan fingerprint density at radius 1 is 0.766 bits per heavy atom. The first-order valence-corrected chi connectivity index (χ1v) is 18.6. The number of nitrogens with zero attached hydrogens (tertiary/aromatic N) is 1. The molecule has 0 fully saturated rings. The predicted molar refractivity (Wildman–Crippen MR) is 182 cm³/mol. The lowest BCUT2D eigenvalue weighted by molar-refractivity contribution is -0.384. The molecular formula is C35H53N2O9P. The Balaban J connectivity index is 2.08. The van der Waals surface area contributed by atoms with Crippen molar-refractivity contribution in [2.75, 3.05) is 19.8 Å². The molecule has 2 atom stereocenters. The number of rotatable bonds is 27. The van der Waals surface area contributed by atoms with E-state index in [9.17, 15) is 24.3 Å². The molecule has 262 valence electrons. The van der Waals surface area contributed by atoms with E-state index >= 15 is 0 Å². The summed E-state index contributed by atoms with van der Waals surface area (Å²) >= 11 is 0. The van der Waals surface area contributed by atoms with E-state index < -0.39 is 37.3 Å². The van der Waals surface area contributed by atoms with Crippen LogP contribution in [0.25, 0.3) is 0 Å². The lowest BCUT2D eigenvalue weighted by Crippen LogP contribution is -2.40. The predicted octanol–water partition coefficient (Wildman–Crippen LogP) is 8.89. The molecule has 0 radical (unpaired) electrons. The van der Waals surface area contributed by atoms with E-state index in [1.165, 1.54) is 62.8 Å². The molecule has 12 heteroatoms. The summed E-state index contributed by atoms with van der Waals surface area (Å²) in [6.07, 6.45) is 15.0. The highest BCUT2D eigenvalue weighted by Crippen LogP contribution is 2.45. The molecule has 0 bridgehead atoms. The number of non-ortho nitro benzene ring substituents is 1. The summed E-state index contributed by atoms with van der Waals surface area (Å²) in [4.78, 5) is 36.4. The second-order valence-electron chi connectivity index (χ2n) is 11.6. The van der Waals surface area contributed by atoms with E-state index in [1.54, 1.807) is 0 Å². The summed E-state index contributed by atoms with van der Waals surface area (Å²) in [5.41, 5.74) is 0.583. The Morgan fingerprint density at radius 3 is 1.85 bits per heavy atom. The summed E-state index contributed by atoms with van der Waals surface area (Å²) in [6, 6.07) is 12.9. The van der Waals surface area contributed by atoms with Crippen LogP contribution in [0, 0.1) is 10.1 Å². The summed E-state index contributed by atoms with van der Waals surface area (Å²) < 4.78 is 36.1. The maximum absolute atomic E-state index is 14.1. The van der Waals surface area contributed by atoms with Gasteiger partial charge in [0, 0.05) is 12.1 Å². The molecule has 2 aromatic carbocycles. The topological polar surface area (TPSA) is 143 Å². The number of nitro groups is 1. The van der Waals surface area contributed by atoms with Crippen molar-refractivity contribution in [2.24, 2.45) is 0 Å². The maximum atomic E-state index is 14.1. The first-order valence-electron chi connectivity index (χ1n) is 17.1. The quantitative estimate of drug-likeness (QED) is 0.0320. The van der Waals surface area contributed by atoms with Gasteiger partial charge in [0.05, 0.1) is 18.1 Å². The minimum absolute atomic E-state index is 0.0159. The van der Waals surface area contributed by atoms with Crippen molar-refractivity contribution < 1.29 is 37.6 Å². The first-order chi connectivity index (χ1) is 22.8. The van der Waals surface area contributed by atoms with Crippen LogP contribution in [0.3, 0.4) is 0 Å². The number of hydrogen-bond acceptors (Lipinski definition) is 9. The van der Waals surface area contributed by atoms with Gasteiger partial charge in [0.15, 0.2) is 6.61 Å². The van der Waals surface area contributed by atoms with Crippen LogP contribution in [0.1, 0.15) is 109 Å². The van der Waals surface area contributed by atoms with Gasteiger partial charge in [-0.15, -0.1) is 0 Å². The SMILES string of the molecule is CCCCCCCCCOC(=O)COP(=O)(N[C@@H](Cc1ccccc1)C(=O)OCCCCCCCCC)Oc1ccc([N+](=O)[O-])cc1. The fourth-order valence-corrected chi connectivity index (χ4v) is 6.27. The van der Waals surface area contributed by atoms with Gasteiger partial charge in [-0.25, -0.2) is 9.36 Å². The molecule has 0 heterocycles. The molecule has 0 aliphatic heterocycles. The molecule has 1 unspecified atom stereocenters. The highest BCUT2D eigenvalue weighted by molar-refractivity contribution is 7.52. The number of ether oxygens (including phenoxy) is 2. The van der Waals surface area contributed by atoms with Crippen LogP contribution < -0.4 is 9.61 Å². The molecule has 0 saturated heterocycles. The molecule has 2 rings (SSSR count). The van der Waals surface area contributed by atoms with Gasteiger partial charge in [0.1, 0.15) is 11.8 Å². The standard InChI is InChI=1S/C35H53N2O9P/c1-3-5-7-9-11-13-18-26-43-34(38)29-45-47(42,46-32-24-22-31(23-25-32)37(40)41)36-33(28-30-20-16-15-17-21-30)35(39)44-27-19-14-12-10-8-6-4-2/h15-17,20-25,33H,3-14,18-19,26-29H2,1-2H3,(H,36,42)/t33-,47?/m0/s1. The summed E-state index contributed by atoms with van der Waals surface area (Å²) in [5.74, 6) is -1.39. The van der Waals surface area contributed by atoms with Crippen LogP contribution in [-0.2, 0) is 34.6 Å². The van der Waals surface area contributed by atoms with Gasteiger partial charge in [0.25, 0.3) is 5.69 Å². The van der Waals surface area contributed by atoms with E-state index in [0.29, 0.717) is 12.8 Å². The van der Waals surface area contributed by atoms with Crippen molar-refractivity contribution >= 4 is 25.4 Å². The fraction of sp³-hybridized carbons (Fsp3) is 0.600.